The summed E-state index contributed by atoms with van der Waals surface area (Å²) in [6, 6.07) is 0. The Kier molecular flexibility index (Phi) is 6.02. The molecule has 13 heavy (non-hydrogen) atoms. The van der Waals surface area contributed by atoms with Gasteiger partial charge in [0, 0.05) is 6.42 Å². The van der Waals surface area contributed by atoms with E-state index >= 15 is 0 Å². The Morgan fingerprint density at radius 3 is 2.38 bits per heavy atom. The van der Waals surface area contributed by atoms with E-state index in [1.165, 1.54) is 0 Å². The van der Waals surface area contributed by atoms with E-state index in [0.717, 1.165) is 25.3 Å². The Hall–Kier alpha value is -0.990. The van der Waals surface area contributed by atoms with Gasteiger partial charge in [0.25, 0.3) is 0 Å². The fraction of sp³-hybridized carbons (Fsp3) is 0.700. The van der Waals surface area contributed by atoms with Gasteiger partial charge in [-0.25, -0.2) is 4.79 Å². The van der Waals surface area contributed by atoms with Crippen LogP contribution in [-0.2, 0) is 4.79 Å². The van der Waals surface area contributed by atoms with Crippen molar-refractivity contribution in [1.82, 2.24) is 0 Å². The summed E-state index contributed by atoms with van der Waals surface area (Å²) < 4.78 is 0. The number of aliphatic hydroxyl groups excluding tert-OH is 1. The van der Waals surface area contributed by atoms with E-state index in [1.807, 2.05) is 0 Å². The minimum absolute atomic E-state index is 0.0312. The van der Waals surface area contributed by atoms with Crippen LogP contribution in [0.15, 0.2) is 11.8 Å². The number of hydrogen-bond acceptors (Lipinski definition) is 2. The van der Waals surface area contributed by atoms with Gasteiger partial charge in [-0.05, 0) is 12.3 Å². The monoisotopic (exact) mass is 186 g/mol. The summed E-state index contributed by atoms with van der Waals surface area (Å²) in [6.45, 7) is 4.29. The number of carboxylic acid groups (broad SMARTS) is 1. The quantitative estimate of drug-likeness (QED) is 0.381. The van der Waals surface area contributed by atoms with E-state index in [-0.39, 0.29) is 5.76 Å². The number of hydrogen-bond donors (Lipinski definition) is 2. The molecular weight excluding hydrogens is 168 g/mol. The second-order valence-corrected chi connectivity index (χ2v) is 3.61. The van der Waals surface area contributed by atoms with Gasteiger partial charge in [0.1, 0.15) is 0 Å². The van der Waals surface area contributed by atoms with Crippen molar-refractivity contribution in [3.05, 3.63) is 11.8 Å². The first-order valence-corrected chi connectivity index (χ1v) is 4.65. The third kappa shape index (κ3) is 8.92. The van der Waals surface area contributed by atoms with Gasteiger partial charge in [-0.1, -0.05) is 26.7 Å². The number of allylic oxidation sites excluding steroid dienone is 1. The summed E-state index contributed by atoms with van der Waals surface area (Å²) >= 11 is 0. The van der Waals surface area contributed by atoms with E-state index in [1.54, 1.807) is 0 Å². The highest BCUT2D eigenvalue weighted by Gasteiger charge is 1.98. The average molecular weight is 186 g/mol. The molecule has 0 atom stereocenters. The maximum atomic E-state index is 10.1. The fourth-order valence-electron chi connectivity index (χ4n) is 1.07. The van der Waals surface area contributed by atoms with E-state index in [0.29, 0.717) is 12.3 Å². The van der Waals surface area contributed by atoms with Crippen molar-refractivity contribution < 1.29 is 15.0 Å². The number of aliphatic carboxylic acids is 1. The molecule has 0 aromatic rings. The van der Waals surface area contributed by atoms with E-state index in [2.05, 4.69) is 13.8 Å². The number of carboxylic acids is 1. The van der Waals surface area contributed by atoms with Crippen LogP contribution in [0.4, 0.5) is 0 Å². The summed E-state index contributed by atoms with van der Waals surface area (Å²) in [4.78, 5) is 10.1. The van der Waals surface area contributed by atoms with Crippen LogP contribution in [0.2, 0.25) is 0 Å². The Morgan fingerprint density at radius 2 is 1.92 bits per heavy atom. The largest absolute Gasteiger partial charge is 0.512 e. The molecule has 0 aliphatic carbocycles. The first-order valence-electron chi connectivity index (χ1n) is 4.65. The third-order valence-electron chi connectivity index (χ3n) is 1.75. The first-order chi connectivity index (χ1) is 6.02. The molecule has 0 radical (unpaired) electrons. The number of unbranched alkanes of at least 4 members (excludes halogenated alkanes) is 1. The van der Waals surface area contributed by atoms with Crippen LogP contribution in [0, 0.1) is 5.92 Å². The van der Waals surface area contributed by atoms with Crippen LogP contribution in [0.25, 0.3) is 0 Å². The molecule has 0 fully saturated rings. The predicted octanol–water partition coefficient (Wildman–Crippen LogP) is 2.73. The Bertz CT molecular complexity index is 183. The average Bonchev–Trinajstić information content (AvgIpc) is 1.96. The molecule has 0 unspecified atom stereocenters. The number of rotatable bonds is 6. The molecule has 3 nitrogen and oxygen atoms in total. The van der Waals surface area contributed by atoms with Crippen molar-refractivity contribution in [2.45, 2.75) is 39.5 Å². The van der Waals surface area contributed by atoms with Gasteiger partial charge < -0.3 is 10.2 Å². The molecule has 0 heterocycles. The van der Waals surface area contributed by atoms with Crippen LogP contribution in [0.5, 0.6) is 0 Å². The predicted molar refractivity (Wildman–Crippen MR) is 51.7 cm³/mol. The van der Waals surface area contributed by atoms with Crippen molar-refractivity contribution in [3.63, 3.8) is 0 Å². The van der Waals surface area contributed by atoms with Crippen LogP contribution in [0.1, 0.15) is 39.5 Å². The lowest BCUT2D eigenvalue weighted by Crippen LogP contribution is -1.93. The van der Waals surface area contributed by atoms with E-state index < -0.39 is 5.97 Å². The molecule has 0 aliphatic heterocycles. The first kappa shape index (κ1) is 12.0. The van der Waals surface area contributed by atoms with Crippen molar-refractivity contribution in [1.29, 1.82) is 0 Å². The van der Waals surface area contributed by atoms with Gasteiger partial charge in [0.15, 0.2) is 0 Å². The van der Waals surface area contributed by atoms with Crippen molar-refractivity contribution in [2.75, 3.05) is 0 Å². The fourth-order valence-corrected chi connectivity index (χ4v) is 1.07. The van der Waals surface area contributed by atoms with Crippen LogP contribution in [-0.4, -0.2) is 16.2 Å². The number of aliphatic hydroxyl groups is 1. The Morgan fingerprint density at radius 1 is 1.31 bits per heavy atom. The minimum Gasteiger partial charge on any atom is -0.512 e. The molecule has 76 valence electrons. The van der Waals surface area contributed by atoms with E-state index in [9.17, 15) is 4.79 Å². The molecule has 0 aliphatic rings. The standard InChI is InChI=1S/C10H18O3/c1-8(2)5-3-4-6-9(11)7-10(12)13/h7-8,11H,3-6H2,1-2H3,(H,12,13)/b9-7-. The van der Waals surface area contributed by atoms with Crippen LogP contribution >= 0.6 is 0 Å². The molecule has 0 rings (SSSR count). The molecule has 3 heteroatoms. The second kappa shape index (κ2) is 6.52. The Labute approximate surface area is 79.1 Å². The van der Waals surface area contributed by atoms with E-state index in [4.69, 9.17) is 10.2 Å². The summed E-state index contributed by atoms with van der Waals surface area (Å²) in [6.07, 6.45) is 4.34. The molecule has 0 saturated heterocycles. The smallest absolute Gasteiger partial charge is 0.331 e. The van der Waals surface area contributed by atoms with Gasteiger partial charge in [-0.2, -0.15) is 0 Å². The lowest BCUT2D eigenvalue weighted by molar-refractivity contribution is -0.131. The van der Waals surface area contributed by atoms with Crippen LogP contribution in [0.3, 0.4) is 0 Å². The lowest BCUT2D eigenvalue weighted by Gasteiger charge is -2.03. The zero-order chi connectivity index (χ0) is 10.3. The zero-order valence-corrected chi connectivity index (χ0v) is 8.29. The molecule has 0 saturated carbocycles. The number of carbonyl (C=O) groups is 1. The van der Waals surface area contributed by atoms with Crippen molar-refractivity contribution in [3.8, 4) is 0 Å². The second-order valence-electron chi connectivity index (χ2n) is 3.61. The van der Waals surface area contributed by atoms with Gasteiger partial charge in [-0.15, -0.1) is 0 Å². The zero-order valence-electron chi connectivity index (χ0n) is 8.29. The van der Waals surface area contributed by atoms with Gasteiger partial charge in [-0.3, -0.25) is 0 Å². The maximum Gasteiger partial charge on any atom is 0.331 e. The normalized spacial score (nSPS) is 12.1. The third-order valence-corrected chi connectivity index (χ3v) is 1.75. The van der Waals surface area contributed by atoms with Gasteiger partial charge in [0.2, 0.25) is 0 Å². The molecule has 0 aromatic heterocycles. The van der Waals surface area contributed by atoms with Crippen molar-refractivity contribution in [2.24, 2.45) is 5.92 Å². The Balaban J connectivity index is 3.48. The SMILES string of the molecule is CC(C)CCCC/C(O)=C/C(=O)O. The topological polar surface area (TPSA) is 57.5 Å². The molecule has 0 amide bonds. The summed E-state index contributed by atoms with van der Waals surface area (Å²) in [5, 5.41) is 17.4. The van der Waals surface area contributed by atoms with Gasteiger partial charge >= 0.3 is 5.97 Å². The molecular formula is C10H18O3. The molecule has 2 N–H and O–H groups in total. The van der Waals surface area contributed by atoms with Crippen molar-refractivity contribution >= 4 is 5.97 Å². The minimum atomic E-state index is -1.08. The molecule has 0 bridgehead atoms. The summed E-state index contributed by atoms with van der Waals surface area (Å²) in [5.41, 5.74) is 0. The summed E-state index contributed by atoms with van der Waals surface area (Å²) in [5.74, 6) is -0.441. The summed E-state index contributed by atoms with van der Waals surface area (Å²) in [7, 11) is 0. The van der Waals surface area contributed by atoms with Crippen LogP contribution < -0.4 is 0 Å². The highest BCUT2D eigenvalue weighted by atomic mass is 16.4. The van der Waals surface area contributed by atoms with Gasteiger partial charge in [0.05, 0.1) is 11.8 Å². The molecule has 0 spiro atoms. The molecule has 0 aromatic carbocycles. The lowest BCUT2D eigenvalue weighted by atomic mass is 10.0. The maximum absolute atomic E-state index is 10.1. The highest BCUT2D eigenvalue weighted by molar-refractivity contribution is 5.80. The highest BCUT2D eigenvalue weighted by Crippen LogP contribution is 2.10.